The molecule has 0 bridgehead atoms. The molecule has 0 aromatic heterocycles. The molecule has 218 valence electrons. The highest BCUT2D eigenvalue weighted by atomic mass is 16.5. The summed E-state index contributed by atoms with van der Waals surface area (Å²) < 4.78 is 16.5. The third kappa shape index (κ3) is 12.2. The van der Waals surface area contributed by atoms with Gasteiger partial charge in [-0.15, -0.1) is 0 Å². The van der Waals surface area contributed by atoms with Crippen LogP contribution in [0.2, 0.25) is 0 Å². The first-order valence-corrected chi connectivity index (χ1v) is 14.5. The Labute approximate surface area is 243 Å². The lowest BCUT2D eigenvalue weighted by Crippen LogP contribution is -2.08. The normalized spacial score (nSPS) is 11.0. The van der Waals surface area contributed by atoms with Gasteiger partial charge < -0.3 is 25.7 Å². The van der Waals surface area contributed by atoms with Gasteiger partial charge in [0.1, 0.15) is 11.5 Å². The van der Waals surface area contributed by atoms with Crippen LogP contribution in [0.1, 0.15) is 79.8 Å². The predicted molar refractivity (Wildman–Crippen MR) is 165 cm³/mol. The van der Waals surface area contributed by atoms with Gasteiger partial charge in [-0.05, 0) is 85.4 Å². The van der Waals surface area contributed by atoms with Crippen molar-refractivity contribution in [3.05, 3.63) is 89.5 Å². The highest BCUT2D eigenvalue weighted by Crippen LogP contribution is 2.17. The van der Waals surface area contributed by atoms with E-state index in [1.165, 1.54) is 30.9 Å². The number of carbonyl (C=O) groups excluding carboxylic acids is 2. The second-order valence-electron chi connectivity index (χ2n) is 10.1. The summed E-state index contributed by atoms with van der Waals surface area (Å²) >= 11 is 0. The summed E-state index contributed by atoms with van der Waals surface area (Å²) in [5, 5.41) is 0. The Bertz CT molecular complexity index is 1230. The molecule has 0 heterocycles. The number of rotatable bonds is 17. The Morgan fingerprint density at radius 3 is 2.05 bits per heavy atom. The van der Waals surface area contributed by atoms with Crippen LogP contribution in [-0.2, 0) is 16.0 Å². The molecular formula is C34H42N2O5. The van der Waals surface area contributed by atoms with Gasteiger partial charge in [0, 0.05) is 17.5 Å². The van der Waals surface area contributed by atoms with Crippen molar-refractivity contribution >= 4 is 29.4 Å². The SMILES string of the molecule is CCCCCc1ccc(OC(=O)/C=C/c2ccc(OCCCCCCCOC(=O)c3cc(N)cc(N)c3)cc2)cc1. The van der Waals surface area contributed by atoms with E-state index in [9.17, 15) is 9.59 Å². The number of hydrogen-bond donors (Lipinski definition) is 2. The van der Waals surface area contributed by atoms with Gasteiger partial charge in [0.25, 0.3) is 0 Å². The summed E-state index contributed by atoms with van der Waals surface area (Å²) in [6.07, 6.45) is 12.6. The molecule has 0 fully saturated rings. The zero-order valence-electron chi connectivity index (χ0n) is 24.0. The second-order valence-corrected chi connectivity index (χ2v) is 10.1. The lowest BCUT2D eigenvalue weighted by Gasteiger charge is -2.08. The second kappa shape index (κ2) is 17.4. The third-order valence-electron chi connectivity index (χ3n) is 6.51. The Balaban J connectivity index is 1.24. The van der Waals surface area contributed by atoms with E-state index in [1.807, 2.05) is 48.5 Å². The summed E-state index contributed by atoms with van der Waals surface area (Å²) in [5.41, 5.74) is 14.8. The highest BCUT2D eigenvalue weighted by Gasteiger charge is 2.08. The largest absolute Gasteiger partial charge is 0.494 e. The van der Waals surface area contributed by atoms with Crippen LogP contribution in [0.25, 0.3) is 6.08 Å². The lowest BCUT2D eigenvalue weighted by atomic mass is 10.1. The molecule has 3 rings (SSSR count). The van der Waals surface area contributed by atoms with E-state index >= 15 is 0 Å². The Morgan fingerprint density at radius 2 is 1.37 bits per heavy atom. The lowest BCUT2D eigenvalue weighted by molar-refractivity contribution is -0.128. The Morgan fingerprint density at radius 1 is 0.732 bits per heavy atom. The zero-order valence-corrected chi connectivity index (χ0v) is 24.0. The summed E-state index contributed by atoms with van der Waals surface area (Å²) in [6, 6.07) is 20.1. The minimum atomic E-state index is -0.409. The number of benzene rings is 3. The van der Waals surface area contributed by atoms with Crippen LogP contribution in [0.5, 0.6) is 11.5 Å². The standard InChI is InChI=1S/C34H42N2O5/c1-2-3-7-10-26-13-18-32(19-14-26)41-33(37)20-15-27-11-16-31(17-12-27)39-21-8-5-4-6-9-22-40-34(38)28-23-29(35)25-30(36)24-28/h11-20,23-25H,2-10,21-22,35-36H2,1H3/b20-15+. The Hall–Kier alpha value is -4.26. The van der Waals surface area contributed by atoms with Gasteiger partial charge in [-0.25, -0.2) is 9.59 Å². The van der Waals surface area contributed by atoms with Crippen molar-refractivity contribution in [3.63, 3.8) is 0 Å². The monoisotopic (exact) mass is 558 g/mol. The molecule has 7 nitrogen and oxygen atoms in total. The van der Waals surface area contributed by atoms with Crippen LogP contribution in [0, 0.1) is 0 Å². The van der Waals surface area contributed by atoms with Gasteiger partial charge in [-0.2, -0.15) is 0 Å². The number of unbranched alkanes of at least 4 members (excludes halogenated alkanes) is 6. The minimum Gasteiger partial charge on any atom is -0.494 e. The van der Waals surface area contributed by atoms with Gasteiger partial charge in [0.15, 0.2) is 0 Å². The van der Waals surface area contributed by atoms with Crippen LogP contribution >= 0.6 is 0 Å². The van der Waals surface area contributed by atoms with Crippen molar-refractivity contribution in [2.24, 2.45) is 0 Å². The van der Waals surface area contributed by atoms with E-state index in [0.717, 1.165) is 49.8 Å². The summed E-state index contributed by atoms with van der Waals surface area (Å²) in [7, 11) is 0. The fourth-order valence-electron chi connectivity index (χ4n) is 4.26. The maximum atomic E-state index is 12.2. The first-order chi connectivity index (χ1) is 19.9. The number of nitrogens with two attached hydrogens (primary N) is 2. The Kier molecular flexibility index (Phi) is 13.3. The number of aryl methyl sites for hydroxylation is 1. The van der Waals surface area contributed by atoms with E-state index in [0.29, 0.717) is 35.9 Å². The molecular weight excluding hydrogens is 516 g/mol. The molecule has 3 aromatic carbocycles. The van der Waals surface area contributed by atoms with E-state index in [-0.39, 0.29) is 0 Å². The van der Waals surface area contributed by atoms with Crippen LogP contribution in [0.15, 0.2) is 72.8 Å². The summed E-state index contributed by atoms with van der Waals surface area (Å²) in [6.45, 7) is 3.19. The number of ether oxygens (including phenoxy) is 3. The van der Waals surface area contributed by atoms with Gasteiger partial charge in [0.2, 0.25) is 0 Å². The average molecular weight is 559 g/mol. The van der Waals surface area contributed by atoms with Crippen molar-refractivity contribution < 1.29 is 23.8 Å². The van der Waals surface area contributed by atoms with Crippen molar-refractivity contribution in [3.8, 4) is 11.5 Å². The van der Waals surface area contributed by atoms with Gasteiger partial charge in [-0.1, -0.05) is 63.3 Å². The number of anilines is 2. The number of hydrogen-bond acceptors (Lipinski definition) is 7. The van der Waals surface area contributed by atoms with Gasteiger partial charge in [0.05, 0.1) is 18.8 Å². The molecule has 0 unspecified atom stereocenters. The number of esters is 2. The highest BCUT2D eigenvalue weighted by molar-refractivity contribution is 5.91. The van der Waals surface area contributed by atoms with Crippen LogP contribution in [0.3, 0.4) is 0 Å². The molecule has 41 heavy (non-hydrogen) atoms. The number of nitrogen functional groups attached to an aromatic ring is 2. The molecule has 7 heteroatoms. The van der Waals surface area contributed by atoms with E-state index in [4.69, 9.17) is 25.7 Å². The molecule has 0 aliphatic heterocycles. The molecule has 0 radical (unpaired) electrons. The molecule has 0 aliphatic carbocycles. The minimum absolute atomic E-state index is 0.370. The fourth-order valence-corrected chi connectivity index (χ4v) is 4.26. The summed E-state index contributed by atoms with van der Waals surface area (Å²) in [5.74, 6) is 0.523. The average Bonchev–Trinajstić information content (AvgIpc) is 2.96. The van der Waals surface area contributed by atoms with Crippen LogP contribution in [-0.4, -0.2) is 25.2 Å². The maximum absolute atomic E-state index is 12.2. The molecule has 0 saturated carbocycles. The topological polar surface area (TPSA) is 114 Å². The quantitative estimate of drug-likeness (QED) is 0.0584. The molecule has 0 saturated heterocycles. The first kappa shape index (κ1) is 31.3. The molecule has 0 atom stereocenters. The van der Waals surface area contributed by atoms with Crippen molar-refractivity contribution in [2.75, 3.05) is 24.7 Å². The molecule has 0 spiro atoms. The maximum Gasteiger partial charge on any atom is 0.338 e. The van der Waals surface area contributed by atoms with Gasteiger partial charge in [-0.3, -0.25) is 0 Å². The zero-order chi connectivity index (χ0) is 29.3. The van der Waals surface area contributed by atoms with Crippen LogP contribution in [0.4, 0.5) is 11.4 Å². The predicted octanol–water partition coefficient (Wildman–Crippen LogP) is 7.39. The molecule has 4 N–H and O–H groups in total. The molecule has 3 aromatic rings. The van der Waals surface area contributed by atoms with E-state index < -0.39 is 11.9 Å². The van der Waals surface area contributed by atoms with E-state index in [1.54, 1.807) is 24.3 Å². The fraction of sp³-hybridized carbons (Fsp3) is 0.353. The smallest absolute Gasteiger partial charge is 0.338 e. The van der Waals surface area contributed by atoms with Gasteiger partial charge >= 0.3 is 11.9 Å². The first-order valence-electron chi connectivity index (χ1n) is 14.5. The van der Waals surface area contributed by atoms with E-state index in [2.05, 4.69) is 6.92 Å². The van der Waals surface area contributed by atoms with Crippen molar-refractivity contribution in [1.82, 2.24) is 0 Å². The van der Waals surface area contributed by atoms with Crippen molar-refractivity contribution in [2.45, 2.75) is 64.7 Å². The number of carbonyl (C=O) groups is 2. The summed E-state index contributed by atoms with van der Waals surface area (Å²) in [4.78, 5) is 24.3. The molecule has 0 amide bonds. The van der Waals surface area contributed by atoms with Crippen molar-refractivity contribution in [1.29, 1.82) is 0 Å². The van der Waals surface area contributed by atoms with Crippen LogP contribution < -0.4 is 20.9 Å². The molecule has 0 aliphatic rings. The third-order valence-corrected chi connectivity index (χ3v) is 6.51.